The van der Waals surface area contributed by atoms with Gasteiger partial charge in [-0.05, 0) is 30.6 Å². The molecule has 0 aliphatic carbocycles. The summed E-state index contributed by atoms with van der Waals surface area (Å²) in [6.45, 7) is 2.11. The van der Waals surface area contributed by atoms with Gasteiger partial charge in [0.2, 0.25) is 11.9 Å². The number of nitrogens with one attached hydrogen (secondary N) is 2. The Kier molecular flexibility index (Phi) is 7.56. The minimum atomic E-state index is -3.91. The van der Waals surface area contributed by atoms with Crippen molar-refractivity contribution in [3.8, 4) is 0 Å². The van der Waals surface area contributed by atoms with Crippen LogP contribution in [0.4, 0.5) is 0 Å². The zero-order valence-electron chi connectivity index (χ0n) is 15.9. The first-order chi connectivity index (χ1) is 13.7. The Labute approximate surface area is 168 Å². The maximum atomic E-state index is 12.7. The van der Waals surface area contributed by atoms with Gasteiger partial charge in [0, 0.05) is 12.1 Å². The second-order valence-electron chi connectivity index (χ2n) is 6.25. The Morgan fingerprint density at radius 2 is 1.97 bits per heavy atom. The smallest absolute Gasteiger partial charge is 0.265 e. The number of nitrogens with zero attached hydrogens (tertiary/aromatic N) is 2. The third kappa shape index (κ3) is 6.47. The Bertz CT molecular complexity index is 910. The van der Waals surface area contributed by atoms with Crippen LogP contribution in [-0.2, 0) is 24.4 Å². The molecule has 158 valence electrons. The molecule has 0 saturated carbocycles. The molecule has 1 heterocycles. The van der Waals surface area contributed by atoms with Crippen LogP contribution in [0.25, 0.3) is 0 Å². The van der Waals surface area contributed by atoms with Crippen LogP contribution in [0, 0.1) is 0 Å². The lowest BCUT2D eigenvalue weighted by atomic mass is 9.99. The molecule has 0 unspecified atom stereocenters. The highest BCUT2D eigenvalue weighted by Crippen LogP contribution is 2.21. The van der Waals surface area contributed by atoms with Crippen LogP contribution in [0.5, 0.6) is 0 Å². The third-order valence-corrected chi connectivity index (χ3v) is 5.39. The molecule has 0 aromatic heterocycles. The van der Waals surface area contributed by atoms with Gasteiger partial charge in [0.05, 0.1) is 17.9 Å². The Balaban J connectivity index is 1.96. The molecule has 12 heteroatoms. The highest BCUT2D eigenvalue weighted by atomic mass is 32.2. The summed E-state index contributed by atoms with van der Waals surface area (Å²) in [6.07, 6.45) is 0.260. The predicted octanol–water partition coefficient (Wildman–Crippen LogP) is -0.860. The van der Waals surface area contributed by atoms with Crippen molar-refractivity contribution < 1.29 is 22.8 Å². The van der Waals surface area contributed by atoms with Gasteiger partial charge in [0.1, 0.15) is 6.61 Å². The van der Waals surface area contributed by atoms with Gasteiger partial charge in [-0.15, -0.1) is 4.83 Å². The second-order valence-corrected chi connectivity index (χ2v) is 7.91. The van der Waals surface area contributed by atoms with Crippen molar-refractivity contribution in [1.82, 2.24) is 15.2 Å². The molecule has 6 N–H and O–H groups in total. The molecule has 1 aromatic rings. The van der Waals surface area contributed by atoms with E-state index in [0.717, 1.165) is 10.6 Å². The average molecular weight is 424 g/mol. The van der Waals surface area contributed by atoms with Crippen molar-refractivity contribution in [1.29, 1.82) is 0 Å². The first-order valence-corrected chi connectivity index (χ1v) is 10.2. The molecule has 0 spiro atoms. The molecule has 2 amide bonds. The second kappa shape index (κ2) is 9.89. The van der Waals surface area contributed by atoms with Gasteiger partial charge in [0.25, 0.3) is 15.9 Å². The van der Waals surface area contributed by atoms with Crippen LogP contribution in [-0.4, -0.2) is 50.9 Å². The number of oxime groups is 1. The maximum absolute atomic E-state index is 12.7. The number of hydrogen-bond donors (Lipinski definition) is 4. The van der Waals surface area contributed by atoms with Gasteiger partial charge in [-0.3, -0.25) is 14.6 Å². The van der Waals surface area contributed by atoms with Crippen LogP contribution >= 0.6 is 0 Å². The first kappa shape index (κ1) is 22.2. The fourth-order valence-electron chi connectivity index (χ4n) is 2.57. The molecular weight excluding hydrogens is 400 g/mol. The molecule has 0 saturated heterocycles. The molecule has 29 heavy (non-hydrogen) atoms. The largest absolute Gasteiger partial charge is 0.391 e. The number of benzene rings is 1. The lowest BCUT2D eigenvalue weighted by molar-refractivity contribution is -0.131. The van der Waals surface area contributed by atoms with Crippen molar-refractivity contribution >= 4 is 27.8 Å². The minimum absolute atomic E-state index is 0.0409. The van der Waals surface area contributed by atoms with E-state index in [4.69, 9.17) is 16.3 Å². The number of sulfonamides is 1. The van der Waals surface area contributed by atoms with E-state index in [-0.39, 0.29) is 42.5 Å². The summed E-state index contributed by atoms with van der Waals surface area (Å²) in [7, 11) is -3.91. The van der Waals surface area contributed by atoms with Gasteiger partial charge in [-0.25, -0.2) is 8.42 Å². The molecule has 0 bridgehead atoms. The van der Waals surface area contributed by atoms with E-state index in [1.807, 2.05) is 0 Å². The van der Waals surface area contributed by atoms with E-state index in [9.17, 15) is 18.0 Å². The number of rotatable bonds is 9. The SMILES string of the molecule is CC1=C(CC(=O)NCCON=C(N)N)C(=O)N(NS(=O)(=O)c2ccccc2)CC1. The Hall–Kier alpha value is -3.12. The number of amides is 2. The summed E-state index contributed by atoms with van der Waals surface area (Å²) in [5, 5.41) is 6.90. The fourth-order valence-corrected chi connectivity index (χ4v) is 3.65. The zero-order valence-corrected chi connectivity index (χ0v) is 16.7. The third-order valence-electron chi connectivity index (χ3n) is 4.04. The van der Waals surface area contributed by atoms with E-state index < -0.39 is 21.8 Å². The number of guanidine groups is 1. The highest BCUT2D eigenvalue weighted by molar-refractivity contribution is 7.89. The van der Waals surface area contributed by atoms with Crippen molar-refractivity contribution in [3.05, 3.63) is 41.5 Å². The Morgan fingerprint density at radius 1 is 1.28 bits per heavy atom. The highest BCUT2D eigenvalue weighted by Gasteiger charge is 2.30. The molecule has 1 aliphatic rings. The normalized spacial score (nSPS) is 14.5. The number of carbonyl (C=O) groups is 2. The van der Waals surface area contributed by atoms with E-state index in [1.165, 1.54) is 12.1 Å². The van der Waals surface area contributed by atoms with Crippen LogP contribution in [0.3, 0.4) is 0 Å². The van der Waals surface area contributed by atoms with E-state index in [2.05, 4.69) is 15.3 Å². The van der Waals surface area contributed by atoms with Crippen LogP contribution in [0.2, 0.25) is 0 Å². The number of hydrogen-bond acceptors (Lipinski definition) is 6. The molecule has 0 fully saturated rings. The number of nitrogens with two attached hydrogens (primary N) is 2. The molecular formula is C17H24N6O5S. The van der Waals surface area contributed by atoms with Crippen LogP contribution < -0.4 is 21.6 Å². The lowest BCUT2D eigenvalue weighted by Gasteiger charge is -2.29. The van der Waals surface area contributed by atoms with Gasteiger partial charge in [-0.1, -0.05) is 23.8 Å². The topological polar surface area (TPSA) is 169 Å². The van der Waals surface area contributed by atoms with Crippen molar-refractivity contribution in [2.75, 3.05) is 19.7 Å². The fraction of sp³-hybridized carbons (Fsp3) is 0.353. The van der Waals surface area contributed by atoms with Gasteiger partial charge in [-0.2, -0.15) is 0 Å². The monoisotopic (exact) mass is 424 g/mol. The summed E-state index contributed by atoms with van der Waals surface area (Å²) < 4.78 is 24.9. The number of carbonyl (C=O) groups excluding carboxylic acids is 2. The summed E-state index contributed by atoms with van der Waals surface area (Å²) in [4.78, 5) is 31.9. The Morgan fingerprint density at radius 3 is 2.62 bits per heavy atom. The van der Waals surface area contributed by atoms with E-state index in [1.54, 1.807) is 25.1 Å². The number of hydrazine groups is 1. The van der Waals surface area contributed by atoms with Crippen molar-refractivity contribution in [2.45, 2.75) is 24.7 Å². The van der Waals surface area contributed by atoms with Gasteiger partial charge in [0.15, 0.2) is 0 Å². The quantitative estimate of drug-likeness (QED) is 0.173. The van der Waals surface area contributed by atoms with Gasteiger partial charge >= 0.3 is 0 Å². The molecule has 2 rings (SSSR count). The molecule has 11 nitrogen and oxygen atoms in total. The van der Waals surface area contributed by atoms with Crippen molar-refractivity contribution in [2.24, 2.45) is 16.6 Å². The van der Waals surface area contributed by atoms with E-state index >= 15 is 0 Å². The lowest BCUT2D eigenvalue weighted by Crippen LogP contribution is -2.49. The van der Waals surface area contributed by atoms with Crippen molar-refractivity contribution in [3.63, 3.8) is 0 Å². The maximum Gasteiger partial charge on any atom is 0.265 e. The molecule has 1 aliphatic heterocycles. The van der Waals surface area contributed by atoms with E-state index in [0.29, 0.717) is 6.42 Å². The van der Waals surface area contributed by atoms with Gasteiger partial charge < -0.3 is 21.6 Å². The molecule has 0 radical (unpaired) electrons. The predicted molar refractivity (Wildman–Crippen MR) is 105 cm³/mol. The first-order valence-electron chi connectivity index (χ1n) is 8.76. The van der Waals surface area contributed by atoms with Crippen LogP contribution in [0.15, 0.2) is 51.5 Å². The average Bonchev–Trinajstić information content (AvgIpc) is 2.67. The minimum Gasteiger partial charge on any atom is -0.391 e. The molecule has 1 aromatic carbocycles. The standard InChI is InChI=1S/C17H24N6O5S/c1-12-7-9-23(22-29(26,27)13-5-3-2-4-6-13)16(25)14(12)11-15(24)20-8-10-28-21-17(18)19/h2-6,22H,7-11H2,1H3,(H,20,24)(H4,18,19,21). The summed E-state index contributed by atoms with van der Waals surface area (Å²) in [5.41, 5.74) is 11.2. The summed E-state index contributed by atoms with van der Waals surface area (Å²) >= 11 is 0. The van der Waals surface area contributed by atoms with Crippen LogP contribution in [0.1, 0.15) is 19.8 Å². The summed E-state index contributed by atoms with van der Waals surface area (Å²) in [5.74, 6) is -1.20. The zero-order chi connectivity index (χ0) is 21.4. The molecule has 0 atom stereocenters. The summed E-state index contributed by atoms with van der Waals surface area (Å²) in [6, 6.07) is 7.72.